The lowest BCUT2D eigenvalue weighted by Gasteiger charge is -2.30. The lowest BCUT2D eigenvalue weighted by atomic mass is 9.95. The van der Waals surface area contributed by atoms with Crippen molar-refractivity contribution in [1.29, 1.82) is 0 Å². The van der Waals surface area contributed by atoms with Crippen LogP contribution in [0.25, 0.3) is 0 Å². The standard InChI is InChI=1S/C11H19N3O2/c1-8(12-3)9-13-10(14-16-9)11(2)6-4-5-7-15-11/h8,12H,4-7H2,1-3H3. The molecule has 16 heavy (non-hydrogen) atoms. The van der Waals surface area contributed by atoms with E-state index in [1.807, 2.05) is 20.9 Å². The normalized spacial score (nSPS) is 27.9. The molecule has 90 valence electrons. The van der Waals surface area contributed by atoms with Crippen LogP contribution in [0.2, 0.25) is 0 Å². The van der Waals surface area contributed by atoms with Crippen LogP contribution in [0.1, 0.15) is 50.9 Å². The van der Waals surface area contributed by atoms with Crippen LogP contribution in [0.3, 0.4) is 0 Å². The molecular weight excluding hydrogens is 206 g/mol. The van der Waals surface area contributed by atoms with Gasteiger partial charge in [-0.2, -0.15) is 4.98 Å². The second kappa shape index (κ2) is 4.51. The second-order valence-corrected chi connectivity index (χ2v) is 4.50. The highest BCUT2D eigenvalue weighted by Crippen LogP contribution is 2.33. The summed E-state index contributed by atoms with van der Waals surface area (Å²) in [4.78, 5) is 4.41. The minimum absolute atomic E-state index is 0.0773. The summed E-state index contributed by atoms with van der Waals surface area (Å²) < 4.78 is 11.0. The van der Waals surface area contributed by atoms with E-state index in [-0.39, 0.29) is 11.6 Å². The fourth-order valence-corrected chi connectivity index (χ4v) is 1.86. The molecule has 0 amide bonds. The van der Waals surface area contributed by atoms with Gasteiger partial charge in [-0.3, -0.25) is 0 Å². The first-order valence-corrected chi connectivity index (χ1v) is 5.81. The number of hydrogen-bond acceptors (Lipinski definition) is 5. The summed E-state index contributed by atoms with van der Waals surface area (Å²) in [5.74, 6) is 1.29. The zero-order valence-electron chi connectivity index (χ0n) is 10.1. The number of nitrogens with one attached hydrogen (secondary N) is 1. The van der Waals surface area contributed by atoms with Crippen molar-refractivity contribution < 1.29 is 9.26 Å². The summed E-state index contributed by atoms with van der Waals surface area (Å²) in [6, 6.07) is 0.0773. The molecule has 1 saturated heterocycles. The lowest BCUT2D eigenvalue weighted by Crippen LogP contribution is -2.31. The van der Waals surface area contributed by atoms with Crippen LogP contribution in [0.15, 0.2) is 4.52 Å². The minimum atomic E-state index is -0.368. The van der Waals surface area contributed by atoms with Gasteiger partial charge in [-0.1, -0.05) is 5.16 Å². The molecule has 1 fully saturated rings. The Hall–Kier alpha value is -0.940. The molecule has 1 aromatic heterocycles. The minimum Gasteiger partial charge on any atom is -0.367 e. The summed E-state index contributed by atoms with van der Waals surface area (Å²) in [7, 11) is 1.87. The van der Waals surface area contributed by atoms with E-state index < -0.39 is 0 Å². The van der Waals surface area contributed by atoms with Crippen molar-refractivity contribution in [3.63, 3.8) is 0 Å². The molecule has 0 aliphatic carbocycles. The number of nitrogens with zero attached hydrogens (tertiary/aromatic N) is 2. The van der Waals surface area contributed by atoms with Gasteiger partial charge in [0, 0.05) is 6.61 Å². The molecule has 0 saturated carbocycles. The highest BCUT2D eigenvalue weighted by molar-refractivity contribution is 5.02. The van der Waals surface area contributed by atoms with Crippen molar-refractivity contribution in [3.8, 4) is 0 Å². The quantitative estimate of drug-likeness (QED) is 0.849. The molecule has 2 unspecified atom stereocenters. The molecular formula is C11H19N3O2. The second-order valence-electron chi connectivity index (χ2n) is 4.50. The summed E-state index contributed by atoms with van der Waals surface area (Å²) in [6.45, 7) is 4.80. The number of ether oxygens (including phenoxy) is 1. The van der Waals surface area contributed by atoms with Gasteiger partial charge in [-0.15, -0.1) is 0 Å². The SMILES string of the molecule is CNC(C)c1nc(C2(C)CCCCO2)no1. The lowest BCUT2D eigenvalue weighted by molar-refractivity contribution is -0.0770. The Morgan fingerprint density at radius 2 is 2.25 bits per heavy atom. The summed E-state index contributed by atoms with van der Waals surface area (Å²) in [5, 5.41) is 7.10. The van der Waals surface area contributed by atoms with E-state index in [4.69, 9.17) is 9.26 Å². The molecule has 1 aliphatic heterocycles. The average Bonchev–Trinajstić information content (AvgIpc) is 2.79. The van der Waals surface area contributed by atoms with Crippen LogP contribution in [0, 0.1) is 0 Å². The van der Waals surface area contributed by atoms with Crippen LogP contribution in [0.5, 0.6) is 0 Å². The predicted molar refractivity (Wildman–Crippen MR) is 58.9 cm³/mol. The molecule has 1 N–H and O–H groups in total. The highest BCUT2D eigenvalue weighted by atomic mass is 16.5. The molecule has 0 radical (unpaired) electrons. The topological polar surface area (TPSA) is 60.2 Å². The molecule has 0 spiro atoms. The molecule has 0 bridgehead atoms. The summed E-state index contributed by atoms with van der Waals surface area (Å²) in [5.41, 5.74) is -0.368. The number of rotatable bonds is 3. The first-order valence-electron chi connectivity index (χ1n) is 5.81. The van der Waals surface area contributed by atoms with Crippen molar-refractivity contribution in [2.75, 3.05) is 13.7 Å². The Kier molecular flexibility index (Phi) is 3.25. The van der Waals surface area contributed by atoms with Crippen molar-refractivity contribution in [2.24, 2.45) is 0 Å². The Bertz CT molecular complexity index is 345. The maximum absolute atomic E-state index is 5.77. The Morgan fingerprint density at radius 1 is 1.44 bits per heavy atom. The predicted octanol–water partition coefficient (Wildman–Crippen LogP) is 1.77. The summed E-state index contributed by atoms with van der Waals surface area (Å²) in [6.07, 6.45) is 3.23. The van der Waals surface area contributed by atoms with E-state index in [0.717, 1.165) is 25.9 Å². The smallest absolute Gasteiger partial charge is 0.243 e. The molecule has 5 heteroatoms. The molecule has 0 aromatic carbocycles. The van der Waals surface area contributed by atoms with Crippen LogP contribution in [0.4, 0.5) is 0 Å². The molecule has 1 aromatic rings. The van der Waals surface area contributed by atoms with Gasteiger partial charge in [-0.05, 0) is 40.2 Å². The van der Waals surface area contributed by atoms with E-state index in [1.54, 1.807) is 0 Å². The van der Waals surface area contributed by atoms with Gasteiger partial charge >= 0.3 is 0 Å². The summed E-state index contributed by atoms with van der Waals surface area (Å²) >= 11 is 0. The van der Waals surface area contributed by atoms with Gasteiger partial charge in [0.25, 0.3) is 0 Å². The van der Waals surface area contributed by atoms with Crippen LogP contribution >= 0.6 is 0 Å². The van der Waals surface area contributed by atoms with Crippen molar-refractivity contribution >= 4 is 0 Å². The van der Waals surface area contributed by atoms with Gasteiger partial charge in [0.15, 0.2) is 0 Å². The van der Waals surface area contributed by atoms with E-state index in [2.05, 4.69) is 15.5 Å². The van der Waals surface area contributed by atoms with E-state index in [9.17, 15) is 0 Å². The fourth-order valence-electron chi connectivity index (χ4n) is 1.86. The van der Waals surface area contributed by atoms with Gasteiger partial charge in [0.05, 0.1) is 6.04 Å². The maximum atomic E-state index is 5.77. The van der Waals surface area contributed by atoms with E-state index in [1.165, 1.54) is 0 Å². The highest BCUT2D eigenvalue weighted by Gasteiger charge is 2.35. The van der Waals surface area contributed by atoms with Crippen molar-refractivity contribution in [2.45, 2.75) is 44.8 Å². The van der Waals surface area contributed by atoms with Crippen molar-refractivity contribution in [3.05, 3.63) is 11.7 Å². The van der Waals surface area contributed by atoms with E-state index >= 15 is 0 Å². The van der Waals surface area contributed by atoms with Crippen LogP contribution in [-0.2, 0) is 10.3 Å². The first-order chi connectivity index (χ1) is 7.65. The van der Waals surface area contributed by atoms with Gasteiger partial charge in [-0.25, -0.2) is 0 Å². The zero-order chi connectivity index (χ0) is 11.6. The van der Waals surface area contributed by atoms with Crippen LogP contribution in [-0.4, -0.2) is 23.8 Å². The molecule has 2 atom stereocenters. The molecule has 1 aliphatic rings. The third-order valence-electron chi connectivity index (χ3n) is 3.19. The third kappa shape index (κ3) is 2.10. The van der Waals surface area contributed by atoms with E-state index in [0.29, 0.717) is 11.7 Å². The fraction of sp³-hybridized carbons (Fsp3) is 0.818. The molecule has 2 rings (SSSR count). The van der Waals surface area contributed by atoms with Gasteiger partial charge < -0.3 is 14.6 Å². The Balaban J connectivity index is 2.17. The maximum Gasteiger partial charge on any atom is 0.243 e. The molecule has 5 nitrogen and oxygen atoms in total. The Labute approximate surface area is 95.6 Å². The van der Waals surface area contributed by atoms with Crippen LogP contribution < -0.4 is 5.32 Å². The zero-order valence-corrected chi connectivity index (χ0v) is 10.1. The average molecular weight is 225 g/mol. The third-order valence-corrected chi connectivity index (χ3v) is 3.19. The van der Waals surface area contributed by atoms with Gasteiger partial charge in [0.2, 0.25) is 11.7 Å². The monoisotopic (exact) mass is 225 g/mol. The van der Waals surface area contributed by atoms with Gasteiger partial charge in [0.1, 0.15) is 5.60 Å². The first kappa shape index (κ1) is 11.5. The Morgan fingerprint density at radius 3 is 2.88 bits per heavy atom. The number of hydrogen-bond donors (Lipinski definition) is 1. The number of aromatic nitrogens is 2. The largest absolute Gasteiger partial charge is 0.367 e. The van der Waals surface area contributed by atoms with Crippen molar-refractivity contribution in [1.82, 2.24) is 15.5 Å². The molecule has 2 heterocycles.